The summed E-state index contributed by atoms with van der Waals surface area (Å²) in [7, 11) is 0. The van der Waals surface area contributed by atoms with Crippen molar-refractivity contribution in [3.05, 3.63) is 76.0 Å². The molecule has 0 bridgehead atoms. The van der Waals surface area contributed by atoms with Crippen LogP contribution in [0.1, 0.15) is 17.5 Å². The fourth-order valence-corrected chi connectivity index (χ4v) is 2.87. The van der Waals surface area contributed by atoms with Crippen LogP contribution >= 0.6 is 0 Å². The highest BCUT2D eigenvalue weighted by atomic mass is 19.1. The van der Waals surface area contributed by atoms with Crippen LogP contribution in [-0.2, 0) is 6.54 Å². The molecule has 2 aromatic carbocycles. The van der Waals surface area contributed by atoms with E-state index in [0.29, 0.717) is 42.0 Å². The fraction of sp³-hybridized carbons (Fsp3) is 0.182. The first-order chi connectivity index (χ1) is 15.5. The third-order valence-corrected chi connectivity index (χ3v) is 4.54. The molecular weight excluding hydrogens is 413 g/mol. The Kier molecular flexibility index (Phi) is 7.64. The van der Waals surface area contributed by atoms with Gasteiger partial charge in [-0.05, 0) is 55.4 Å². The quantitative estimate of drug-likeness (QED) is 0.343. The molecule has 1 aromatic heterocycles. The minimum Gasteiger partial charge on any atom is -0.331 e. The van der Waals surface area contributed by atoms with E-state index in [9.17, 15) is 14.0 Å². The number of aromatic amines is 1. The molecule has 1 heterocycles. The number of halogens is 1. The van der Waals surface area contributed by atoms with E-state index in [1.54, 1.807) is 36.4 Å². The number of nitriles is 1. The molecule has 32 heavy (non-hydrogen) atoms. The number of hydrogen-bond acceptors (Lipinski definition) is 6. The predicted octanol–water partition coefficient (Wildman–Crippen LogP) is 2.53. The van der Waals surface area contributed by atoms with Gasteiger partial charge in [-0.25, -0.2) is 9.18 Å². The van der Waals surface area contributed by atoms with Gasteiger partial charge < -0.3 is 21.4 Å². The minimum absolute atomic E-state index is 0.0638. The third kappa shape index (κ3) is 5.98. The van der Waals surface area contributed by atoms with Gasteiger partial charge in [0.2, 0.25) is 5.95 Å². The van der Waals surface area contributed by atoms with E-state index >= 15 is 0 Å². The Labute approximate surface area is 183 Å². The second kappa shape index (κ2) is 10.8. The number of H-pyrrole nitrogens is 1. The van der Waals surface area contributed by atoms with Crippen LogP contribution in [0.3, 0.4) is 0 Å². The molecule has 9 nitrogen and oxygen atoms in total. The van der Waals surface area contributed by atoms with E-state index in [1.807, 2.05) is 6.07 Å². The van der Waals surface area contributed by atoms with E-state index in [-0.39, 0.29) is 11.5 Å². The zero-order chi connectivity index (χ0) is 22.9. The number of hydrogen-bond donors (Lipinski definition) is 5. The summed E-state index contributed by atoms with van der Waals surface area (Å²) in [6.45, 7) is 1.61. The number of nitrogens with two attached hydrogens (primary N) is 1. The molecule has 0 aliphatic rings. The Bertz CT molecular complexity index is 1190. The van der Waals surface area contributed by atoms with Crippen LogP contribution in [0.5, 0.6) is 0 Å². The molecule has 0 radical (unpaired) electrons. The zero-order valence-corrected chi connectivity index (χ0v) is 17.1. The predicted molar refractivity (Wildman–Crippen MR) is 119 cm³/mol. The highest BCUT2D eigenvalue weighted by molar-refractivity contribution is 5.98. The standard InChI is InChI=1S/C22H22FN7O2/c23-19-10-15(4-5-16(19)12-26-9-1-8-24)18-13-27-21(29-20(18)31)30-22(32)28-17-6-2-14(11-25)3-7-17/h2-7,10,13,26H,1,8-9,12,24H2,(H3,27,28,29,30,31,32). The number of benzene rings is 2. The number of urea groups is 1. The average Bonchev–Trinajstić information content (AvgIpc) is 2.78. The fourth-order valence-electron chi connectivity index (χ4n) is 2.87. The highest BCUT2D eigenvalue weighted by Crippen LogP contribution is 2.19. The molecule has 0 fully saturated rings. The van der Waals surface area contributed by atoms with Gasteiger partial charge in [0.05, 0.1) is 17.2 Å². The summed E-state index contributed by atoms with van der Waals surface area (Å²) in [5.74, 6) is -0.503. The summed E-state index contributed by atoms with van der Waals surface area (Å²) in [6, 6.07) is 12.1. The van der Waals surface area contributed by atoms with E-state index in [0.717, 1.165) is 6.42 Å². The summed E-state index contributed by atoms with van der Waals surface area (Å²) in [6.07, 6.45) is 2.16. The lowest BCUT2D eigenvalue weighted by atomic mass is 10.1. The highest BCUT2D eigenvalue weighted by Gasteiger charge is 2.11. The Morgan fingerprint density at radius 1 is 1.19 bits per heavy atom. The Morgan fingerprint density at radius 3 is 2.62 bits per heavy atom. The summed E-state index contributed by atoms with van der Waals surface area (Å²) < 4.78 is 14.4. The summed E-state index contributed by atoms with van der Waals surface area (Å²) >= 11 is 0. The van der Waals surface area contributed by atoms with Crippen molar-refractivity contribution in [2.75, 3.05) is 23.7 Å². The van der Waals surface area contributed by atoms with Gasteiger partial charge in [0.25, 0.3) is 5.56 Å². The number of nitrogens with zero attached hydrogens (tertiary/aromatic N) is 2. The van der Waals surface area contributed by atoms with Crippen molar-refractivity contribution < 1.29 is 9.18 Å². The van der Waals surface area contributed by atoms with Crippen LogP contribution in [0.4, 0.5) is 20.8 Å². The summed E-state index contributed by atoms with van der Waals surface area (Å²) in [5.41, 5.74) is 6.76. The van der Waals surface area contributed by atoms with Crippen molar-refractivity contribution >= 4 is 17.7 Å². The number of carbonyl (C=O) groups is 1. The average molecular weight is 435 g/mol. The van der Waals surface area contributed by atoms with Gasteiger partial charge in [-0.3, -0.25) is 10.1 Å². The Balaban J connectivity index is 1.65. The molecule has 0 aliphatic carbocycles. The first kappa shape index (κ1) is 22.6. The molecule has 10 heteroatoms. The van der Waals surface area contributed by atoms with Crippen molar-refractivity contribution in [2.45, 2.75) is 13.0 Å². The van der Waals surface area contributed by atoms with Crippen molar-refractivity contribution in [3.63, 3.8) is 0 Å². The van der Waals surface area contributed by atoms with E-state index in [2.05, 4.69) is 25.9 Å². The van der Waals surface area contributed by atoms with Gasteiger partial charge in [-0.15, -0.1) is 0 Å². The number of aromatic nitrogens is 2. The lowest BCUT2D eigenvalue weighted by molar-refractivity contribution is 0.262. The Hall–Kier alpha value is -4.07. The van der Waals surface area contributed by atoms with Gasteiger partial charge in [0, 0.05) is 24.0 Å². The van der Waals surface area contributed by atoms with Gasteiger partial charge in [0.15, 0.2) is 0 Å². The SMILES string of the molecule is N#Cc1ccc(NC(=O)Nc2nc(=O)c(-c3ccc(CNCCCN)c(F)c3)c[nH]2)cc1. The molecule has 6 N–H and O–H groups in total. The molecule has 0 unspecified atom stereocenters. The maximum Gasteiger partial charge on any atom is 0.326 e. The van der Waals surface area contributed by atoms with Crippen molar-refractivity contribution in [3.8, 4) is 17.2 Å². The lowest BCUT2D eigenvalue weighted by Gasteiger charge is -2.09. The molecular formula is C22H22FN7O2. The zero-order valence-electron chi connectivity index (χ0n) is 17.1. The maximum atomic E-state index is 14.4. The van der Waals surface area contributed by atoms with Gasteiger partial charge in [-0.1, -0.05) is 12.1 Å². The first-order valence-electron chi connectivity index (χ1n) is 9.87. The molecule has 2 amide bonds. The lowest BCUT2D eigenvalue weighted by Crippen LogP contribution is -2.23. The second-order valence-electron chi connectivity index (χ2n) is 6.86. The molecule has 0 spiro atoms. The Morgan fingerprint density at radius 2 is 1.97 bits per heavy atom. The number of amides is 2. The monoisotopic (exact) mass is 435 g/mol. The minimum atomic E-state index is -0.622. The third-order valence-electron chi connectivity index (χ3n) is 4.54. The van der Waals surface area contributed by atoms with Crippen LogP contribution < -0.4 is 27.2 Å². The van der Waals surface area contributed by atoms with Crippen molar-refractivity contribution in [1.82, 2.24) is 15.3 Å². The van der Waals surface area contributed by atoms with Crippen LogP contribution in [0.25, 0.3) is 11.1 Å². The molecule has 0 saturated carbocycles. The van der Waals surface area contributed by atoms with E-state index < -0.39 is 17.4 Å². The van der Waals surface area contributed by atoms with Gasteiger partial charge in [-0.2, -0.15) is 10.2 Å². The van der Waals surface area contributed by atoms with Gasteiger partial charge in [0.1, 0.15) is 5.82 Å². The van der Waals surface area contributed by atoms with Crippen molar-refractivity contribution in [1.29, 1.82) is 5.26 Å². The molecule has 164 valence electrons. The summed E-state index contributed by atoms with van der Waals surface area (Å²) in [4.78, 5) is 31.0. The van der Waals surface area contributed by atoms with Crippen LogP contribution in [0, 0.1) is 17.1 Å². The van der Waals surface area contributed by atoms with E-state index in [1.165, 1.54) is 12.3 Å². The van der Waals surface area contributed by atoms with Crippen LogP contribution in [-0.4, -0.2) is 29.1 Å². The number of carbonyl (C=O) groups excluding carboxylic acids is 1. The first-order valence-corrected chi connectivity index (χ1v) is 9.87. The molecule has 0 atom stereocenters. The van der Waals surface area contributed by atoms with Crippen LogP contribution in [0.2, 0.25) is 0 Å². The van der Waals surface area contributed by atoms with Gasteiger partial charge >= 0.3 is 6.03 Å². The smallest absolute Gasteiger partial charge is 0.326 e. The normalized spacial score (nSPS) is 10.4. The molecule has 3 aromatic rings. The number of nitrogens with one attached hydrogen (secondary N) is 4. The maximum absolute atomic E-state index is 14.4. The van der Waals surface area contributed by atoms with Crippen LogP contribution in [0.15, 0.2) is 53.5 Å². The molecule has 3 rings (SSSR count). The molecule has 0 aliphatic heterocycles. The van der Waals surface area contributed by atoms with E-state index in [4.69, 9.17) is 11.0 Å². The topological polar surface area (TPSA) is 149 Å². The number of anilines is 2. The second-order valence-corrected chi connectivity index (χ2v) is 6.86. The largest absolute Gasteiger partial charge is 0.331 e. The molecule has 0 saturated heterocycles. The van der Waals surface area contributed by atoms with Crippen molar-refractivity contribution in [2.24, 2.45) is 5.73 Å². The summed E-state index contributed by atoms with van der Waals surface area (Å²) in [5, 5.41) is 16.9. The number of rotatable bonds is 8.